The lowest BCUT2D eigenvalue weighted by Crippen LogP contribution is -2.30. The third-order valence-electron chi connectivity index (χ3n) is 4.57. The van der Waals surface area contributed by atoms with Gasteiger partial charge in [0, 0.05) is 18.9 Å². The Hall–Kier alpha value is -2.10. The Morgan fingerprint density at radius 3 is 2.95 bits per heavy atom. The van der Waals surface area contributed by atoms with E-state index in [0.717, 1.165) is 31.2 Å². The van der Waals surface area contributed by atoms with Crippen LogP contribution in [0.4, 0.5) is 0 Å². The maximum atomic E-state index is 4.55. The van der Waals surface area contributed by atoms with Crippen LogP contribution in [0.1, 0.15) is 36.8 Å². The predicted molar refractivity (Wildman–Crippen MR) is 83.7 cm³/mol. The minimum atomic E-state index is 0.179. The number of amidine groups is 1. The Balaban J connectivity index is 1.85. The molecule has 2 aromatic rings. The van der Waals surface area contributed by atoms with Crippen molar-refractivity contribution >= 4 is 5.84 Å². The van der Waals surface area contributed by atoms with Gasteiger partial charge in [-0.2, -0.15) is 0 Å². The van der Waals surface area contributed by atoms with E-state index in [4.69, 9.17) is 0 Å². The van der Waals surface area contributed by atoms with Crippen LogP contribution in [-0.4, -0.2) is 28.5 Å². The molecule has 0 radical (unpaired) electrons. The summed E-state index contributed by atoms with van der Waals surface area (Å²) < 4.78 is 2.29. The molecule has 4 rings (SSSR count). The molecular weight excluding hydrogens is 260 g/mol. The highest BCUT2D eigenvalue weighted by molar-refractivity contribution is 5.96. The van der Waals surface area contributed by atoms with Gasteiger partial charge in [-0.15, -0.1) is 0 Å². The highest BCUT2D eigenvalue weighted by Crippen LogP contribution is 2.47. The second-order valence-corrected chi connectivity index (χ2v) is 6.58. The van der Waals surface area contributed by atoms with Crippen LogP contribution < -0.4 is 5.32 Å². The van der Waals surface area contributed by atoms with Crippen LogP contribution in [0.15, 0.2) is 41.7 Å². The molecule has 0 spiro atoms. The quantitative estimate of drug-likeness (QED) is 0.918. The summed E-state index contributed by atoms with van der Waals surface area (Å²) in [6.45, 7) is 6.43. The number of fused-ring (bicyclic) bond motifs is 1. The molecule has 4 heteroatoms. The largest absolute Gasteiger partial charge is 0.365 e. The fraction of sp³-hybridized carbons (Fsp3) is 0.412. The molecule has 0 saturated heterocycles. The minimum absolute atomic E-state index is 0.179. The van der Waals surface area contributed by atoms with Gasteiger partial charge in [-0.3, -0.25) is 4.99 Å². The van der Waals surface area contributed by atoms with Gasteiger partial charge in [-0.25, -0.2) is 4.98 Å². The zero-order chi connectivity index (χ0) is 14.4. The van der Waals surface area contributed by atoms with Gasteiger partial charge in [0.25, 0.3) is 0 Å². The van der Waals surface area contributed by atoms with Gasteiger partial charge in [0.15, 0.2) is 11.7 Å². The standard InChI is InChI=1S/C17H20N4/c1-17(2)11-12-5-3-4-6-13(12)14(17)21-10-9-20-16(21)15-18-7-8-19-15/h3-6,9-10,14H,7-8,11H2,1-2H3,(H,18,19). The van der Waals surface area contributed by atoms with E-state index in [0.29, 0.717) is 6.04 Å². The van der Waals surface area contributed by atoms with Crippen molar-refractivity contribution in [1.82, 2.24) is 14.9 Å². The SMILES string of the molecule is CC1(C)Cc2ccccc2C1n1ccnc1C1=NCCN1. The fourth-order valence-electron chi connectivity index (χ4n) is 3.75. The third kappa shape index (κ3) is 1.89. The minimum Gasteiger partial charge on any atom is -0.365 e. The van der Waals surface area contributed by atoms with E-state index >= 15 is 0 Å². The van der Waals surface area contributed by atoms with Gasteiger partial charge < -0.3 is 9.88 Å². The summed E-state index contributed by atoms with van der Waals surface area (Å²) in [7, 11) is 0. The highest BCUT2D eigenvalue weighted by atomic mass is 15.2. The summed E-state index contributed by atoms with van der Waals surface area (Å²) in [5, 5.41) is 3.34. The van der Waals surface area contributed by atoms with Crippen LogP contribution in [0, 0.1) is 5.41 Å². The van der Waals surface area contributed by atoms with Gasteiger partial charge >= 0.3 is 0 Å². The normalized spacial score (nSPS) is 22.8. The first-order valence-electron chi connectivity index (χ1n) is 7.56. The Morgan fingerprint density at radius 1 is 1.29 bits per heavy atom. The first kappa shape index (κ1) is 12.6. The van der Waals surface area contributed by atoms with Crippen LogP contribution in [0.2, 0.25) is 0 Å². The molecular formula is C17H20N4. The van der Waals surface area contributed by atoms with Crippen molar-refractivity contribution in [3.05, 3.63) is 53.6 Å². The molecule has 2 heterocycles. The molecule has 1 aromatic heterocycles. The van der Waals surface area contributed by atoms with Crippen molar-refractivity contribution in [3.63, 3.8) is 0 Å². The number of benzene rings is 1. The van der Waals surface area contributed by atoms with E-state index in [2.05, 4.69) is 64.2 Å². The van der Waals surface area contributed by atoms with Crippen molar-refractivity contribution < 1.29 is 0 Å². The molecule has 1 unspecified atom stereocenters. The third-order valence-corrected chi connectivity index (χ3v) is 4.57. The molecule has 108 valence electrons. The number of rotatable bonds is 2. The summed E-state index contributed by atoms with van der Waals surface area (Å²) in [6, 6.07) is 9.09. The van der Waals surface area contributed by atoms with Crippen LogP contribution >= 0.6 is 0 Å². The molecule has 1 aliphatic heterocycles. The van der Waals surface area contributed by atoms with E-state index < -0.39 is 0 Å². The number of imidazole rings is 1. The Bertz CT molecular complexity index is 711. The van der Waals surface area contributed by atoms with Gasteiger partial charge in [0.1, 0.15) is 0 Å². The van der Waals surface area contributed by atoms with E-state index in [1.54, 1.807) is 0 Å². The van der Waals surface area contributed by atoms with Gasteiger partial charge in [0.05, 0.1) is 12.6 Å². The van der Waals surface area contributed by atoms with Crippen molar-refractivity contribution in [3.8, 4) is 0 Å². The van der Waals surface area contributed by atoms with Crippen LogP contribution in [0.3, 0.4) is 0 Å². The molecule has 0 fully saturated rings. The molecule has 4 nitrogen and oxygen atoms in total. The number of hydrogen-bond donors (Lipinski definition) is 1. The maximum Gasteiger partial charge on any atom is 0.176 e. The summed E-state index contributed by atoms with van der Waals surface area (Å²) in [6.07, 6.45) is 5.08. The second-order valence-electron chi connectivity index (χ2n) is 6.58. The maximum absolute atomic E-state index is 4.55. The number of hydrogen-bond acceptors (Lipinski definition) is 3. The number of nitrogens with one attached hydrogen (secondary N) is 1. The summed E-state index contributed by atoms with van der Waals surface area (Å²) >= 11 is 0. The van der Waals surface area contributed by atoms with E-state index in [9.17, 15) is 0 Å². The fourth-order valence-corrected chi connectivity index (χ4v) is 3.75. The van der Waals surface area contributed by atoms with Crippen molar-refractivity contribution in [2.24, 2.45) is 10.4 Å². The molecule has 21 heavy (non-hydrogen) atoms. The first-order valence-corrected chi connectivity index (χ1v) is 7.56. The molecule has 0 saturated carbocycles. The number of aliphatic imine (C=N–C) groups is 1. The molecule has 0 amide bonds. The zero-order valence-electron chi connectivity index (χ0n) is 12.5. The Morgan fingerprint density at radius 2 is 2.14 bits per heavy atom. The molecule has 1 N–H and O–H groups in total. The summed E-state index contributed by atoms with van der Waals surface area (Å²) in [4.78, 5) is 9.09. The lowest BCUT2D eigenvalue weighted by atomic mass is 9.85. The van der Waals surface area contributed by atoms with Crippen LogP contribution in [0.5, 0.6) is 0 Å². The average molecular weight is 280 g/mol. The van der Waals surface area contributed by atoms with Crippen molar-refractivity contribution in [2.45, 2.75) is 26.3 Å². The number of aromatic nitrogens is 2. The van der Waals surface area contributed by atoms with E-state index in [1.807, 2.05) is 6.20 Å². The molecule has 2 aliphatic rings. The van der Waals surface area contributed by atoms with Gasteiger partial charge in [0.2, 0.25) is 0 Å². The van der Waals surface area contributed by atoms with E-state index in [1.165, 1.54) is 11.1 Å². The summed E-state index contributed by atoms with van der Waals surface area (Å²) in [5.74, 6) is 1.89. The number of nitrogens with zero attached hydrogens (tertiary/aromatic N) is 3. The molecule has 1 atom stereocenters. The molecule has 0 bridgehead atoms. The van der Waals surface area contributed by atoms with E-state index in [-0.39, 0.29) is 5.41 Å². The highest BCUT2D eigenvalue weighted by Gasteiger charge is 2.41. The van der Waals surface area contributed by atoms with Crippen molar-refractivity contribution in [2.75, 3.05) is 13.1 Å². The molecule has 1 aromatic carbocycles. The Kier molecular flexibility index (Phi) is 2.67. The smallest absolute Gasteiger partial charge is 0.176 e. The first-order chi connectivity index (χ1) is 10.2. The monoisotopic (exact) mass is 280 g/mol. The van der Waals surface area contributed by atoms with Gasteiger partial charge in [-0.1, -0.05) is 38.1 Å². The zero-order valence-corrected chi connectivity index (χ0v) is 12.5. The lowest BCUT2D eigenvalue weighted by molar-refractivity contribution is 0.278. The Labute approximate surface area is 124 Å². The molecule has 1 aliphatic carbocycles. The van der Waals surface area contributed by atoms with Crippen LogP contribution in [-0.2, 0) is 6.42 Å². The topological polar surface area (TPSA) is 42.2 Å². The predicted octanol–water partition coefficient (Wildman–Crippen LogP) is 2.40. The average Bonchev–Trinajstić information content (AvgIpc) is 3.13. The van der Waals surface area contributed by atoms with Crippen molar-refractivity contribution in [1.29, 1.82) is 0 Å². The second kappa shape index (κ2) is 4.45. The lowest BCUT2D eigenvalue weighted by Gasteiger charge is -2.30. The van der Waals surface area contributed by atoms with Gasteiger partial charge in [-0.05, 0) is 23.0 Å². The summed E-state index contributed by atoms with van der Waals surface area (Å²) in [5.41, 5.74) is 3.05. The van der Waals surface area contributed by atoms with Crippen LogP contribution in [0.25, 0.3) is 0 Å².